The van der Waals surface area contributed by atoms with Gasteiger partial charge >= 0.3 is 0 Å². The quantitative estimate of drug-likeness (QED) is 0.629. The third kappa shape index (κ3) is 2.95. The number of phenols is 1. The van der Waals surface area contributed by atoms with Crippen LogP contribution in [0.15, 0.2) is 42.1 Å². The van der Waals surface area contributed by atoms with Gasteiger partial charge in [0.15, 0.2) is 23.1 Å². The number of aromatic hydroxyl groups is 1. The molecule has 2 aromatic rings. The van der Waals surface area contributed by atoms with Crippen LogP contribution in [0, 0.1) is 11.6 Å². The maximum atomic E-state index is 13.4. The number of nitrogens with one attached hydrogen (secondary N) is 1. The molecule has 0 saturated heterocycles. The predicted octanol–water partition coefficient (Wildman–Crippen LogP) is 3.20. The number of nitrogens with zero attached hydrogens (tertiary/aromatic N) is 1. The number of imide groups is 1. The van der Waals surface area contributed by atoms with Gasteiger partial charge in [0, 0.05) is 23.9 Å². The largest absolute Gasteiger partial charge is 0.503 e. The number of benzene rings is 2. The number of anilines is 2. The van der Waals surface area contributed by atoms with Gasteiger partial charge in [-0.25, -0.2) is 13.7 Å². The van der Waals surface area contributed by atoms with E-state index in [1.165, 1.54) is 25.3 Å². The number of hydrogen-bond donors (Lipinski definition) is 2. The highest BCUT2D eigenvalue weighted by Crippen LogP contribution is 2.37. The maximum Gasteiger partial charge on any atom is 0.282 e. The summed E-state index contributed by atoms with van der Waals surface area (Å²) < 4.78 is 32.0. The predicted molar refractivity (Wildman–Crippen MR) is 90.2 cm³/mol. The molecule has 2 aromatic carbocycles. The fourth-order valence-electron chi connectivity index (χ4n) is 2.46. The van der Waals surface area contributed by atoms with E-state index in [0.717, 1.165) is 23.1 Å². The first-order chi connectivity index (χ1) is 12.3. The average molecular weight is 381 g/mol. The Morgan fingerprint density at radius 3 is 2.46 bits per heavy atom. The van der Waals surface area contributed by atoms with Crippen LogP contribution in [0.4, 0.5) is 20.2 Å². The number of amides is 2. The molecular formula is C17H11ClF2N2O4. The summed E-state index contributed by atoms with van der Waals surface area (Å²) in [4.78, 5) is 25.7. The van der Waals surface area contributed by atoms with Crippen LogP contribution in [-0.4, -0.2) is 24.0 Å². The second-order valence-electron chi connectivity index (χ2n) is 5.24. The first kappa shape index (κ1) is 17.7. The lowest BCUT2D eigenvalue weighted by atomic mass is 10.2. The molecule has 0 spiro atoms. The number of phenolic OH excluding ortho intramolecular Hbond substituents is 1. The van der Waals surface area contributed by atoms with Crippen molar-refractivity contribution < 1.29 is 28.2 Å². The van der Waals surface area contributed by atoms with Crippen molar-refractivity contribution in [2.45, 2.75) is 0 Å². The highest BCUT2D eigenvalue weighted by atomic mass is 35.5. The molecule has 0 radical (unpaired) electrons. The summed E-state index contributed by atoms with van der Waals surface area (Å²) in [6, 6.07) is 6.12. The molecule has 0 atom stereocenters. The van der Waals surface area contributed by atoms with E-state index in [1.807, 2.05) is 0 Å². The number of para-hydroxylation sites is 1. The smallest absolute Gasteiger partial charge is 0.282 e. The van der Waals surface area contributed by atoms with E-state index in [4.69, 9.17) is 21.4 Å². The number of carbonyl (C=O) groups is 2. The summed E-state index contributed by atoms with van der Waals surface area (Å²) in [7, 11) is 1.34. The lowest BCUT2D eigenvalue weighted by Crippen LogP contribution is -2.32. The molecular weight excluding hydrogens is 370 g/mol. The van der Waals surface area contributed by atoms with Crippen LogP contribution in [0.2, 0.25) is 5.02 Å². The summed E-state index contributed by atoms with van der Waals surface area (Å²) in [6.45, 7) is 0. The third-order valence-corrected chi connectivity index (χ3v) is 3.91. The van der Waals surface area contributed by atoms with E-state index in [1.54, 1.807) is 0 Å². The Labute approximate surface area is 151 Å². The highest BCUT2D eigenvalue weighted by molar-refractivity contribution is 6.35. The van der Waals surface area contributed by atoms with Crippen LogP contribution < -0.4 is 15.0 Å². The molecule has 134 valence electrons. The topological polar surface area (TPSA) is 78.9 Å². The Morgan fingerprint density at radius 1 is 1.19 bits per heavy atom. The minimum absolute atomic E-state index is 0.131. The Kier molecular flexibility index (Phi) is 4.52. The molecule has 9 heteroatoms. The van der Waals surface area contributed by atoms with E-state index >= 15 is 0 Å². The average Bonchev–Trinajstić information content (AvgIpc) is 2.86. The van der Waals surface area contributed by atoms with Gasteiger partial charge in [0.2, 0.25) is 0 Å². The SMILES string of the molecule is COc1c(Cl)cccc1N1C(=O)C=C(Nc2cc(F)c(O)c(F)c2)C1=O. The van der Waals surface area contributed by atoms with E-state index < -0.39 is 29.2 Å². The zero-order valence-corrected chi connectivity index (χ0v) is 14.0. The second kappa shape index (κ2) is 6.64. The molecule has 1 heterocycles. The number of ether oxygens (including phenoxy) is 1. The molecule has 0 fully saturated rings. The molecule has 1 aliphatic rings. The van der Waals surface area contributed by atoms with Crippen molar-refractivity contribution in [2.75, 3.05) is 17.3 Å². The lowest BCUT2D eigenvalue weighted by Gasteiger charge is -2.19. The van der Waals surface area contributed by atoms with Gasteiger partial charge < -0.3 is 15.2 Å². The van der Waals surface area contributed by atoms with Crippen molar-refractivity contribution in [3.63, 3.8) is 0 Å². The van der Waals surface area contributed by atoms with Gasteiger partial charge in [-0.3, -0.25) is 9.59 Å². The molecule has 3 rings (SSSR count). The maximum absolute atomic E-state index is 13.4. The van der Waals surface area contributed by atoms with Crippen molar-refractivity contribution in [1.29, 1.82) is 0 Å². The first-order valence-corrected chi connectivity index (χ1v) is 7.59. The van der Waals surface area contributed by atoms with E-state index in [-0.39, 0.29) is 27.8 Å². The third-order valence-electron chi connectivity index (χ3n) is 3.61. The Bertz CT molecular complexity index is 939. The van der Waals surface area contributed by atoms with Crippen molar-refractivity contribution in [1.82, 2.24) is 0 Å². The van der Waals surface area contributed by atoms with E-state index in [0.29, 0.717) is 0 Å². The van der Waals surface area contributed by atoms with Crippen LogP contribution in [0.25, 0.3) is 0 Å². The van der Waals surface area contributed by atoms with Crippen LogP contribution in [-0.2, 0) is 9.59 Å². The first-order valence-electron chi connectivity index (χ1n) is 7.21. The minimum atomic E-state index is -1.21. The van der Waals surface area contributed by atoms with Crippen molar-refractivity contribution in [2.24, 2.45) is 0 Å². The fraction of sp³-hybridized carbons (Fsp3) is 0.0588. The monoisotopic (exact) mass is 380 g/mol. The molecule has 2 amide bonds. The highest BCUT2D eigenvalue weighted by Gasteiger charge is 2.35. The summed E-state index contributed by atoms with van der Waals surface area (Å²) in [6.07, 6.45) is 0.978. The van der Waals surface area contributed by atoms with Crippen LogP contribution >= 0.6 is 11.6 Å². The van der Waals surface area contributed by atoms with Crippen LogP contribution in [0.3, 0.4) is 0 Å². The fourth-order valence-corrected chi connectivity index (χ4v) is 2.70. The lowest BCUT2D eigenvalue weighted by molar-refractivity contribution is -0.120. The van der Waals surface area contributed by atoms with Gasteiger partial charge in [0.25, 0.3) is 11.8 Å². The summed E-state index contributed by atoms with van der Waals surface area (Å²) in [5.41, 5.74) is -0.224. The molecule has 0 unspecified atom stereocenters. The zero-order chi connectivity index (χ0) is 19.0. The van der Waals surface area contributed by atoms with Gasteiger partial charge in [-0.15, -0.1) is 0 Å². The number of halogens is 3. The summed E-state index contributed by atoms with van der Waals surface area (Å²) in [5, 5.41) is 11.8. The summed E-state index contributed by atoms with van der Waals surface area (Å²) >= 11 is 6.01. The van der Waals surface area contributed by atoms with Crippen LogP contribution in [0.1, 0.15) is 0 Å². The van der Waals surface area contributed by atoms with Gasteiger partial charge in [-0.2, -0.15) is 0 Å². The van der Waals surface area contributed by atoms with Crippen molar-refractivity contribution in [3.05, 3.63) is 58.8 Å². The molecule has 0 bridgehead atoms. The van der Waals surface area contributed by atoms with Crippen LogP contribution in [0.5, 0.6) is 11.5 Å². The number of carbonyl (C=O) groups excluding carboxylic acids is 2. The number of hydrogen-bond acceptors (Lipinski definition) is 5. The molecule has 26 heavy (non-hydrogen) atoms. The molecule has 2 N–H and O–H groups in total. The molecule has 0 saturated carbocycles. The normalized spacial score (nSPS) is 13.8. The van der Waals surface area contributed by atoms with Gasteiger partial charge in [0.05, 0.1) is 17.8 Å². The Hall–Kier alpha value is -3.13. The molecule has 6 nitrogen and oxygen atoms in total. The summed E-state index contributed by atoms with van der Waals surface area (Å²) in [5.74, 6) is -4.87. The van der Waals surface area contributed by atoms with Gasteiger partial charge in [-0.1, -0.05) is 17.7 Å². The van der Waals surface area contributed by atoms with E-state index in [9.17, 15) is 18.4 Å². The van der Waals surface area contributed by atoms with Crippen molar-refractivity contribution in [3.8, 4) is 11.5 Å². The Balaban J connectivity index is 1.92. The van der Waals surface area contributed by atoms with Gasteiger partial charge in [0.1, 0.15) is 5.70 Å². The number of rotatable bonds is 4. The zero-order valence-electron chi connectivity index (χ0n) is 13.2. The molecule has 0 aromatic heterocycles. The molecule has 1 aliphatic heterocycles. The Morgan fingerprint density at radius 2 is 1.85 bits per heavy atom. The van der Waals surface area contributed by atoms with Crippen molar-refractivity contribution >= 4 is 34.8 Å². The number of methoxy groups -OCH3 is 1. The standard InChI is InChI=1S/C17H11ClF2N2O4/c1-26-16-9(18)3-2-4-13(16)22-14(23)7-12(17(22)25)21-8-5-10(19)15(24)11(20)6-8/h2-7,21,24H,1H3. The van der Waals surface area contributed by atoms with Gasteiger partial charge in [-0.05, 0) is 12.1 Å². The minimum Gasteiger partial charge on any atom is -0.503 e. The molecule has 0 aliphatic carbocycles. The van der Waals surface area contributed by atoms with E-state index in [2.05, 4.69) is 5.32 Å². The second-order valence-corrected chi connectivity index (χ2v) is 5.65.